The molecule has 0 saturated carbocycles. The molecule has 0 bridgehead atoms. The second-order valence-corrected chi connectivity index (χ2v) is 4.03. The lowest BCUT2D eigenvalue weighted by Gasteiger charge is -2.24. The van der Waals surface area contributed by atoms with Crippen LogP contribution in [0.3, 0.4) is 0 Å². The van der Waals surface area contributed by atoms with Gasteiger partial charge in [-0.2, -0.15) is 10.2 Å². The van der Waals surface area contributed by atoms with Crippen LogP contribution in [-0.4, -0.2) is 25.2 Å². The molecule has 2 rings (SSSR count). The van der Waals surface area contributed by atoms with E-state index in [1.54, 1.807) is 6.92 Å². The summed E-state index contributed by atoms with van der Waals surface area (Å²) in [5, 5.41) is 8.03. The normalized spacial score (nSPS) is 28.0. The monoisotopic (exact) mass is 218 g/mol. The van der Waals surface area contributed by atoms with E-state index < -0.39 is 5.54 Å². The van der Waals surface area contributed by atoms with E-state index >= 15 is 0 Å². The van der Waals surface area contributed by atoms with Crippen molar-refractivity contribution in [3.8, 4) is 0 Å². The van der Waals surface area contributed by atoms with E-state index in [-0.39, 0.29) is 11.9 Å². The molecule has 1 aromatic rings. The Balaban J connectivity index is 2.34. The van der Waals surface area contributed by atoms with Crippen LogP contribution in [0.4, 0.5) is 0 Å². The Kier molecular flexibility index (Phi) is 2.73. The van der Waals surface area contributed by atoms with E-state index in [0.29, 0.717) is 6.54 Å². The average Bonchev–Trinajstić information content (AvgIpc) is 2.72. The molecular weight excluding hydrogens is 204 g/mol. The molecular formula is C12H14N2O2. The highest BCUT2D eigenvalue weighted by Gasteiger charge is 2.46. The van der Waals surface area contributed by atoms with Gasteiger partial charge < -0.3 is 4.74 Å². The highest BCUT2D eigenvalue weighted by atomic mass is 16.5. The summed E-state index contributed by atoms with van der Waals surface area (Å²) in [5.74, 6) is -0.358. The highest BCUT2D eigenvalue weighted by molar-refractivity contribution is 5.82. The first-order valence-electron chi connectivity index (χ1n) is 5.20. The zero-order chi connectivity index (χ0) is 11.6. The molecule has 0 saturated heterocycles. The van der Waals surface area contributed by atoms with Crippen molar-refractivity contribution >= 4 is 5.97 Å². The minimum atomic E-state index is -0.879. The van der Waals surface area contributed by atoms with Crippen molar-refractivity contribution in [2.45, 2.75) is 18.4 Å². The summed E-state index contributed by atoms with van der Waals surface area (Å²) >= 11 is 0. The van der Waals surface area contributed by atoms with Crippen molar-refractivity contribution in [2.24, 2.45) is 10.2 Å². The molecule has 1 aliphatic rings. The fourth-order valence-corrected chi connectivity index (χ4v) is 2.02. The maximum Gasteiger partial charge on any atom is 0.336 e. The van der Waals surface area contributed by atoms with Crippen LogP contribution in [0.5, 0.6) is 0 Å². The average molecular weight is 218 g/mol. The molecule has 84 valence electrons. The molecule has 1 heterocycles. The third-order valence-corrected chi connectivity index (χ3v) is 3.02. The van der Waals surface area contributed by atoms with Gasteiger partial charge in [0.25, 0.3) is 0 Å². The van der Waals surface area contributed by atoms with E-state index in [9.17, 15) is 4.79 Å². The number of methoxy groups -OCH3 is 1. The first-order chi connectivity index (χ1) is 7.68. The number of benzene rings is 1. The molecule has 0 amide bonds. The van der Waals surface area contributed by atoms with E-state index in [4.69, 9.17) is 4.74 Å². The molecule has 1 aliphatic heterocycles. The summed E-state index contributed by atoms with van der Waals surface area (Å²) in [5.41, 5.74) is 0.191. The molecule has 1 aromatic carbocycles. The second kappa shape index (κ2) is 4.04. The molecule has 4 nitrogen and oxygen atoms in total. The zero-order valence-corrected chi connectivity index (χ0v) is 9.38. The number of hydrogen-bond acceptors (Lipinski definition) is 4. The van der Waals surface area contributed by atoms with Crippen LogP contribution in [0.25, 0.3) is 0 Å². The Morgan fingerprint density at radius 3 is 2.75 bits per heavy atom. The lowest BCUT2D eigenvalue weighted by atomic mass is 9.82. The number of azo groups is 1. The molecule has 0 spiro atoms. The van der Waals surface area contributed by atoms with Crippen LogP contribution >= 0.6 is 0 Å². The minimum Gasteiger partial charge on any atom is -0.467 e. The fraction of sp³-hybridized carbons (Fsp3) is 0.417. The number of hydrogen-bond donors (Lipinski definition) is 0. The van der Waals surface area contributed by atoms with E-state index in [0.717, 1.165) is 5.56 Å². The van der Waals surface area contributed by atoms with E-state index in [1.165, 1.54) is 7.11 Å². The van der Waals surface area contributed by atoms with Gasteiger partial charge in [-0.25, -0.2) is 4.79 Å². The van der Waals surface area contributed by atoms with Gasteiger partial charge in [0.2, 0.25) is 0 Å². The number of ether oxygens (including phenoxy) is 1. The largest absolute Gasteiger partial charge is 0.467 e. The van der Waals surface area contributed by atoms with Gasteiger partial charge in [0.1, 0.15) is 0 Å². The van der Waals surface area contributed by atoms with Gasteiger partial charge in [0.15, 0.2) is 5.54 Å². The number of carbonyl (C=O) groups excluding carboxylic acids is 1. The summed E-state index contributed by atoms with van der Waals surface area (Å²) < 4.78 is 4.80. The Morgan fingerprint density at radius 2 is 2.12 bits per heavy atom. The first kappa shape index (κ1) is 10.8. The topological polar surface area (TPSA) is 51.0 Å². The lowest BCUT2D eigenvalue weighted by Crippen LogP contribution is -2.39. The minimum absolute atomic E-state index is 0.0267. The van der Waals surface area contributed by atoms with Gasteiger partial charge in [-0.1, -0.05) is 30.3 Å². The Bertz CT molecular complexity index is 416. The van der Waals surface area contributed by atoms with Crippen molar-refractivity contribution in [3.05, 3.63) is 35.9 Å². The Morgan fingerprint density at radius 1 is 1.44 bits per heavy atom. The van der Waals surface area contributed by atoms with Crippen molar-refractivity contribution in [2.75, 3.05) is 13.7 Å². The highest BCUT2D eigenvalue weighted by Crippen LogP contribution is 2.37. The molecule has 16 heavy (non-hydrogen) atoms. The standard InChI is InChI=1S/C12H14N2O2/c1-12(11(15)16-2)10(8-13-14-12)9-6-4-3-5-7-9/h3-7,10H,8H2,1-2H3/t10-,12-/m0/s1. The van der Waals surface area contributed by atoms with Gasteiger partial charge in [0, 0.05) is 5.92 Å². The maximum atomic E-state index is 11.7. The van der Waals surface area contributed by atoms with Crippen molar-refractivity contribution in [1.29, 1.82) is 0 Å². The summed E-state index contributed by atoms with van der Waals surface area (Å²) in [7, 11) is 1.38. The summed E-state index contributed by atoms with van der Waals surface area (Å²) in [6, 6.07) is 9.82. The first-order valence-corrected chi connectivity index (χ1v) is 5.20. The maximum absolute atomic E-state index is 11.7. The SMILES string of the molecule is COC(=O)[C@@]1(C)N=NC[C@H]1c1ccccc1. The van der Waals surface area contributed by atoms with Crippen molar-refractivity contribution < 1.29 is 9.53 Å². The second-order valence-electron chi connectivity index (χ2n) is 4.03. The molecule has 2 atom stereocenters. The Labute approximate surface area is 94.3 Å². The molecule has 0 N–H and O–H groups in total. The van der Waals surface area contributed by atoms with Crippen molar-refractivity contribution in [1.82, 2.24) is 0 Å². The third kappa shape index (κ3) is 1.60. The smallest absolute Gasteiger partial charge is 0.336 e. The Hall–Kier alpha value is -1.71. The molecule has 0 aliphatic carbocycles. The predicted octanol–water partition coefficient (Wildman–Crippen LogP) is 2.17. The number of rotatable bonds is 2. The predicted molar refractivity (Wildman–Crippen MR) is 59.3 cm³/mol. The quantitative estimate of drug-likeness (QED) is 0.714. The van der Waals surface area contributed by atoms with Crippen LogP contribution in [-0.2, 0) is 9.53 Å². The number of nitrogens with zero attached hydrogens (tertiary/aromatic N) is 2. The summed E-state index contributed by atoms with van der Waals surface area (Å²) in [4.78, 5) is 11.7. The van der Waals surface area contributed by atoms with Crippen molar-refractivity contribution in [3.63, 3.8) is 0 Å². The van der Waals surface area contributed by atoms with Crippen LogP contribution in [0, 0.1) is 0 Å². The van der Waals surface area contributed by atoms with Crippen LogP contribution in [0.15, 0.2) is 40.6 Å². The third-order valence-electron chi connectivity index (χ3n) is 3.02. The van der Waals surface area contributed by atoms with Gasteiger partial charge in [-0.3, -0.25) is 0 Å². The molecule has 4 heteroatoms. The van der Waals surface area contributed by atoms with Gasteiger partial charge >= 0.3 is 5.97 Å². The molecule has 0 aromatic heterocycles. The molecule has 0 fully saturated rings. The summed E-state index contributed by atoms with van der Waals surface area (Å²) in [6.07, 6.45) is 0. The summed E-state index contributed by atoms with van der Waals surface area (Å²) in [6.45, 7) is 2.31. The molecule has 0 unspecified atom stereocenters. The van der Waals surface area contributed by atoms with E-state index in [2.05, 4.69) is 10.2 Å². The van der Waals surface area contributed by atoms with E-state index in [1.807, 2.05) is 30.3 Å². The van der Waals surface area contributed by atoms with Gasteiger partial charge in [-0.05, 0) is 12.5 Å². The van der Waals surface area contributed by atoms with Crippen LogP contribution in [0.2, 0.25) is 0 Å². The van der Waals surface area contributed by atoms with Gasteiger partial charge in [-0.15, -0.1) is 0 Å². The van der Waals surface area contributed by atoms with Gasteiger partial charge in [0.05, 0.1) is 13.7 Å². The van der Waals surface area contributed by atoms with Crippen LogP contribution < -0.4 is 0 Å². The number of esters is 1. The van der Waals surface area contributed by atoms with Crippen LogP contribution in [0.1, 0.15) is 18.4 Å². The fourth-order valence-electron chi connectivity index (χ4n) is 2.02. The zero-order valence-electron chi connectivity index (χ0n) is 9.38. The molecule has 0 radical (unpaired) electrons. The lowest BCUT2D eigenvalue weighted by molar-refractivity contribution is -0.146. The number of carbonyl (C=O) groups is 1.